The fourth-order valence-corrected chi connectivity index (χ4v) is 4.62. The van der Waals surface area contributed by atoms with Gasteiger partial charge in [-0.05, 0) is 69.2 Å². The third kappa shape index (κ3) is 8.29. The fourth-order valence-electron chi connectivity index (χ4n) is 3.38. The van der Waals surface area contributed by atoms with Crippen molar-refractivity contribution in [2.75, 3.05) is 17.1 Å². The van der Waals surface area contributed by atoms with Crippen molar-refractivity contribution >= 4 is 55.1 Å². The molecule has 0 unspecified atom stereocenters. The molecule has 2 aromatic rings. The molecule has 1 atom stereocenters. The fraction of sp³-hybridized carbons (Fsp3) is 0.417. The number of nitrogens with one attached hydrogen (secondary N) is 1. The van der Waals surface area contributed by atoms with Crippen molar-refractivity contribution in [1.29, 1.82) is 0 Å². The number of rotatable bonds is 9. The van der Waals surface area contributed by atoms with Gasteiger partial charge in [-0.15, -0.1) is 0 Å². The molecular weight excluding hydrogens is 542 g/mol. The first kappa shape index (κ1) is 28.1. The molecule has 0 saturated heterocycles. The van der Waals surface area contributed by atoms with Crippen LogP contribution >= 0.6 is 27.5 Å². The van der Waals surface area contributed by atoms with Gasteiger partial charge in [0.05, 0.1) is 11.9 Å². The molecule has 0 fully saturated rings. The highest BCUT2D eigenvalue weighted by molar-refractivity contribution is 9.10. The van der Waals surface area contributed by atoms with Crippen molar-refractivity contribution in [3.63, 3.8) is 0 Å². The number of nitrogens with zero attached hydrogens (tertiary/aromatic N) is 2. The predicted octanol–water partition coefficient (Wildman–Crippen LogP) is 4.59. The lowest BCUT2D eigenvalue weighted by Crippen LogP contribution is -2.55. The summed E-state index contributed by atoms with van der Waals surface area (Å²) in [5.74, 6) is -0.786. The molecule has 7 nitrogen and oxygen atoms in total. The lowest BCUT2D eigenvalue weighted by atomic mass is 10.1. The van der Waals surface area contributed by atoms with E-state index in [2.05, 4.69) is 21.2 Å². The molecule has 34 heavy (non-hydrogen) atoms. The smallest absolute Gasteiger partial charge is 0.244 e. The van der Waals surface area contributed by atoms with Crippen LogP contribution in [0.3, 0.4) is 0 Å². The minimum atomic E-state index is -3.77. The summed E-state index contributed by atoms with van der Waals surface area (Å²) >= 11 is 9.33. The van der Waals surface area contributed by atoms with E-state index in [0.29, 0.717) is 17.1 Å². The Balaban J connectivity index is 2.43. The maximum absolute atomic E-state index is 13.6. The average molecular weight is 573 g/mol. The Hall–Kier alpha value is -2.10. The summed E-state index contributed by atoms with van der Waals surface area (Å²) in [6.45, 7) is 7.10. The van der Waals surface area contributed by atoms with Gasteiger partial charge in [-0.25, -0.2) is 8.42 Å². The summed E-state index contributed by atoms with van der Waals surface area (Å²) in [6, 6.07) is 12.8. The van der Waals surface area contributed by atoms with Crippen molar-refractivity contribution in [2.45, 2.75) is 52.2 Å². The lowest BCUT2D eigenvalue weighted by molar-refractivity contribution is -0.141. The van der Waals surface area contributed by atoms with E-state index in [0.717, 1.165) is 20.6 Å². The number of halogens is 2. The Morgan fingerprint density at radius 2 is 1.62 bits per heavy atom. The van der Waals surface area contributed by atoms with Crippen LogP contribution in [-0.4, -0.2) is 49.5 Å². The first-order valence-corrected chi connectivity index (χ1v) is 13.8. The normalized spacial score (nSPS) is 12.7. The maximum Gasteiger partial charge on any atom is 0.244 e. The van der Waals surface area contributed by atoms with Gasteiger partial charge in [0, 0.05) is 21.6 Å². The van der Waals surface area contributed by atoms with Crippen LogP contribution in [0.5, 0.6) is 0 Å². The molecule has 0 heterocycles. The van der Waals surface area contributed by atoms with E-state index in [1.807, 2.05) is 27.7 Å². The summed E-state index contributed by atoms with van der Waals surface area (Å²) in [5.41, 5.74) is 0.641. The van der Waals surface area contributed by atoms with Crippen molar-refractivity contribution in [2.24, 2.45) is 0 Å². The average Bonchev–Trinajstić information content (AvgIpc) is 2.72. The van der Waals surface area contributed by atoms with Gasteiger partial charge in [0.1, 0.15) is 12.6 Å². The zero-order valence-corrected chi connectivity index (χ0v) is 23.2. The van der Waals surface area contributed by atoms with Crippen molar-refractivity contribution < 1.29 is 18.0 Å². The Labute approximate surface area is 215 Å². The maximum atomic E-state index is 13.6. The van der Waals surface area contributed by atoms with Crippen LogP contribution in [0, 0.1) is 0 Å². The van der Waals surface area contributed by atoms with Crippen LogP contribution in [0.1, 0.15) is 39.7 Å². The highest BCUT2D eigenvalue weighted by Gasteiger charge is 2.33. The number of carbonyl (C=O) groups excluding carboxylic acids is 2. The first-order valence-electron chi connectivity index (χ1n) is 10.8. The molecular formula is C24H31BrClN3O4S. The van der Waals surface area contributed by atoms with Gasteiger partial charge in [-0.2, -0.15) is 0 Å². The lowest BCUT2D eigenvalue weighted by Gasteiger charge is -2.34. The van der Waals surface area contributed by atoms with Crippen molar-refractivity contribution in [3.8, 4) is 0 Å². The van der Waals surface area contributed by atoms with Crippen LogP contribution < -0.4 is 9.62 Å². The quantitative estimate of drug-likeness (QED) is 0.476. The zero-order chi connectivity index (χ0) is 25.7. The van der Waals surface area contributed by atoms with Crippen molar-refractivity contribution in [1.82, 2.24) is 10.2 Å². The van der Waals surface area contributed by atoms with E-state index in [1.165, 1.54) is 4.90 Å². The largest absolute Gasteiger partial charge is 0.350 e. The Morgan fingerprint density at radius 3 is 2.09 bits per heavy atom. The molecule has 0 spiro atoms. The summed E-state index contributed by atoms with van der Waals surface area (Å²) in [6.07, 6.45) is 1.41. The van der Waals surface area contributed by atoms with Crippen LogP contribution in [0.15, 0.2) is 53.0 Å². The topological polar surface area (TPSA) is 86.8 Å². The number of carbonyl (C=O) groups is 2. The first-order chi connectivity index (χ1) is 15.7. The molecule has 0 aliphatic heterocycles. The zero-order valence-electron chi connectivity index (χ0n) is 20.0. The molecule has 0 aromatic heterocycles. The number of amides is 2. The molecule has 0 radical (unpaired) electrons. The molecule has 0 saturated carbocycles. The van der Waals surface area contributed by atoms with Crippen LogP contribution in [0.25, 0.3) is 0 Å². The molecule has 0 aliphatic rings. The number of hydrogen-bond acceptors (Lipinski definition) is 4. The number of hydrogen-bond donors (Lipinski definition) is 1. The molecule has 0 aliphatic carbocycles. The number of anilines is 1. The SMILES string of the molecule is CC[C@H](C(=O)NC(C)(C)C)N(Cc1ccc(Cl)cc1)C(=O)CN(c1ccc(Br)cc1)S(C)(=O)=O. The second kappa shape index (κ2) is 11.6. The van der Waals surface area contributed by atoms with E-state index in [-0.39, 0.29) is 12.5 Å². The molecule has 2 amide bonds. The van der Waals surface area contributed by atoms with Gasteiger partial charge in [-0.3, -0.25) is 13.9 Å². The second-order valence-electron chi connectivity index (χ2n) is 9.06. The van der Waals surface area contributed by atoms with Gasteiger partial charge in [-0.1, -0.05) is 46.6 Å². The summed E-state index contributed by atoms with van der Waals surface area (Å²) in [7, 11) is -3.77. The summed E-state index contributed by atoms with van der Waals surface area (Å²) in [4.78, 5) is 28.1. The van der Waals surface area contributed by atoms with Gasteiger partial charge in [0.25, 0.3) is 0 Å². The number of benzene rings is 2. The third-order valence-corrected chi connectivity index (χ3v) is 6.87. The minimum absolute atomic E-state index is 0.129. The molecule has 0 bridgehead atoms. The molecule has 10 heteroatoms. The van der Waals surface area contributed by atoms with Crippen LogP contribution in [0.4, 0.5) is 5.69 Å². The van der Waals surface area contributed by atoms with E-state index in [1.54, 1.807) is 48.5 Å². The van der Waals surface area contributed by atoms with Crippen molar-refractivity contribution in [3.05, 3.63) is 63.6 Å². The standard InChI is InChI=1S/C24H31BrClN3O4S/c1-6-21(23(31)27-24(2,3)4)28(15-17-7-11-19(26)12-8-17)22(30)16-29(34(5,32)33)20-13-9-18(25)10-14-20/h7-14,21H,6,15-16H2,1-5H3,(H,27,31)/t21-/m1/s1. The summed E-state index contributed by atoms with van der Waals surface area (Å²) < 4.78 is 27.0. The van der Waals surface area contributed by atoms with E-state index in [9.17, 15) is 18.0 Å². The number of sulfonamides is 1. The van der Waals surface area contributed by atoms with Gasteiger partial charge in [0.15, 0.2) is 0 Å². The second-order valence-corrected chi connectivity index (χ2v) is 12.3. The molecule has 186 valence electrons. The van der Waals surface area contributed by atoms with Gasteiger partial charge in [0.2, 0.25) is 21.8 Å². The van der Waals surface area contributed by atoms with E-state index in [4.69, 9.17) is 11.6 Å². The summed E-state index contributed by atoms with van der Waals surface area (Å²) in [5, 5.41) is 3.48. The van der Waals surface area contributed by atoms with E-state index >= 15 is 0 Å². The predicted molar refractivity (Wildman–Crippen MR) is 140 cm³/mol. The highest BCUT2D eigenvalue weighted by Crippen LogP contribution is 2.22. The Bertz CT molecular complexity index is 1100. The minimum Gasteiger partial charge on any atom is -0.350 e. The van der Waals surface area contributed by atoms with Crippen LogP contribution in [0.2, 0.25) is 5.02 Å². The highest BCUT2D eigenvalue weighted by atomic mass is 79.9. The Kier molecular flexibility index (Phi) is 9.56. The molecule has 2 aromatic carbocycles. The Morgan fingerprint density at radius 1 is 1.06 bits per heavy atom. The van der Waals surface area contributed by atoms with Gasteiger partial charge < -0.3 is 10.2 Å². The monoisotopic (exact) mass is 571 g/mol. The van der Waals surface area contributed by atoms with Gasteiger partial charge >= 0.3 is 0 Å². The molecule has 2 rings (SSSR count). The van der Waals surface area contributed by atoms with Crippen LogP contribution in [-0.2, 0) is 26.2 Å². The third-order valence-electron chi connectivity index (χ3n) is 4.94. The van der Waals surface area contributed by atoms with E-state index < -0.39 is 34.1 Å². The molecule has 1 N–H and O–H groups in total.